The van der Waals surface area contributed by atoms with Crippen LogP contribution in [0.25, 0.3) is 33.7 Å². The summed E-state index contributed by atoms with van der Waals surface area (Å²) in [4.78, 5) is 8.92. The molecule has 9 nitrogen and oxygen atoms in total. The molecule has 0 bridgehead atoms. The van der Waals surface area contributed by atoms with Crippen molar-refractivity contribution < 1.29 is 22.3 Å². The summed E-state index contributed by atoms with van der Waals surface area (Å²) >= 11 is 0. The first-order valence-electron chi connectivity index (χ1n) is 10.8. The van der Waals surface area contributed by atoms with E-state index in [4.69, 9.17) is 4.42 Å². The molecular formula is C25H20FN5O4S. The third kappa shape index (κ3) is 4.18. The molecule has 0 aliphatic carbocycles. The van der Waals surface area contributed by atoms with Crippen molar-refractivity contribution in [1.82, 2.24) is 24.5 Å². The standard InChI is InChI=1S/C25H20FN5O4S/c1-31(2)36(33,34)19-8-4-3-6-17(19)21-18-7-5-13-27-22(18)24(32)23(28-21)25-30-29-20(35-25)14-15-9-11-16(26)12-10-15/h3-13,32H,14H2,1-2H3. The zero-order chi connectivity index (χ0) is 25.4. The van der Waals surface area contributed by atoms with Crippen molar-refractivity contribution in [3.63, 3.8) is 0 Å². The third-order valence-corrected chi connectivity index (χ3v) is 7.45. The molecule has 0 spiro atoms. The Hall–Kier alpha value is -4.22. The van der Waals surface area contributed by atoms with E-state index >= 15 is 0 Å². The minimum absolute atomic E-state index is 0.0360. The summed E-state index contributed by atoms with van der Waals surface area (Å²) in [6, 6.07) is 15.7. The summed E-state index contributed by atoms with van der Waals surface area (Å²) in [5.41, 5.74) is 1.54. The number of sulfonamides is 1. The lowest BCUT2D eigenvalue weighted by molar-refractivity contribution is 0.471. The second-order valence-corrected chi connectivity index (χ2v) is 10.3. The molecule has 0 aliphatic heterocycles. The summed E-state index contributed by atoms with van der Waals surface area (Å²) in [6.07, 6.45) is 1.75. The van der Waals surface area contributed by atoms with Gasteiger partial charge in [-0.1, -0.05) is 30.3 Å². The molecule has 0 radical (unpaired) electrons. The van der Waals surface area contributed by atoms with Crippen LogP contribution in [0.4, 0.5) is 4.39 Å². The second kappa shape index (κ2) is 9.10. The summed E-state index contributed by atoms with van der Waals surface area (Å²) in [7, 11) is -0.919. The van der Waals surface area contributed by atoms with E-state index in [0.29, 0.717) is 10.9 Å². The molecule has 5 rings (SSSR count). The molecule has 3 aromatic heterocycles. The van der Waals surface area contributed by atoms with Crippen molar-refractivity contribution in [2.45, 2.75) is 11.3 Å². The van der Waals surface area contributed by atoms with Crippen LogP contribution in [-0.4, -0.2) is 52.1 Å². The van der Waals surface area contributed by atoms with Gasteiger partial charge in [0.15, 0.2) is 11.4 Å². The Balaban J connectivity index is 1.67. The SMILES string of the molecule is CN(C)S(=O)(=O)c1ccccc1-c1nc(-c2nnc(Cc3ccc(F)cc3)o2)c(O)c2ncccc12. The van der Waals surface area contributed by atoms with Gasteiger partial charge >= 0.3 is 0 Å². The van der Waals surface area contributed by atoms with Gasteiger partial charge in [0.05, 0.1) is 17.0 Å². The van der Waals surface area contributed by atoms with E-state index in [-0.39, 0.29) is 51.6 Å². The monoisotopic (exact) mass is 505 g/mol. The van der Waals surface area contributed by atoms with E-state index in [2.05, 4.69) is 20.2 Å². The van der Waals surface area contributed by atoms with Gasteiger partial charge in [0, 0.05) is 31.2 Å². The molecule has 0 unspecified atom stereocenters. The highest BCUT2D eigenvalue weighted by Crippen LogP contribution is 2.39. The summed E-state index contributed by atoms with van der Waals surface area (Å²) in [5, 5.41) is 19.5. The average molecular weight is 506 g/mol. The molecule has 36 heavy (non-hydrogen) atoms. The lowest BCUT2D eigenvalue weighted by atomic mass is 10.0. The highest BCUT2D eigenvalue weighted by Gasteiger charge is 2.26. The Morgan fingerprint density at radius 1 is 0.972 bits per heavy atom. The molecular weight excluding hydrogens is 485 g/mol. The number of aromatic nitrogens is 4. The van der Waals surface area contributed by atoms with E-state index in [1.807, 2.05) is 0 Å². The van der Waals surface area contributed by atoms with Crippen LogP contribution in [0, 0.1) is 5.82 Å². The van der Waals surface area contributed by atoms with E-state index in [9.17, 15) is 17.9 Å². The topological polar surface area (TPSA) is 122 Å². The third-order valence-electron chi connectivity index (χ3n) is 5.57. The Labute approximate surface area is 206 Å². The lowest BCUT2D eigenvalue weighted by Crippen LogP contribution is -2.22. The largest absolute Gasteiger partial charge is 0.504 e. The smallest absolute Gasteiger partial charge is 0.270 e. The maximum Gasteiger partial charge on any atom is 0.270 e. The highest BCUT2D eigenvalue weighted by molar-refractivity contribution is 7.89. The molecule has 0 saturated heterocycles. The molecule has 0 fully saturated rings. The first-order chi connectivity index (χ1) is 17.3. The number of nitrogens with zero attached hydrogens (tertiary/aromatic N) is 5. The van der Waals surface area contributed by atoms with Gasteiger partial charge in [0.2, 0.25) is 15.9 Å². The minimum atomic E-state index is -3.81. The van der Waals surface area contributed by atoms with Gasteiger partial charge in [-0.25, -0.2) is 22.1 Å². The molecule has 0 aliphatic rings. The van der Waals surface area contributed by atoms with Crippen molar-refractivity contribution in [1.29, 1.82) is 0 Å². The Kier molecular flexibility index (Phi) is 5.94. The normalized spacial score (nSPS) is 11.9. The quantitative estimate of drug-likeness (QED) is 0.367. The van der Waals surface area contributed by atoms with Crippen LogP contribution in [0.1, 0.15) is 11.5 Å². The van der Waals surface area contributed by atoms with Gasteiger partial charge in [-0.15, -0.1) is 10.2 Å². The van der Waals surface area contributed by atoms with Crippen LogP contribution in [-0.2, 0) is 16.4 Å². The van der Waals surface area contributed by atoms with Crippen molar-refractivity contribution in [2.24, 2.45) is 0 Å². The maximum absolute atomic E-state index is 13.2. The Morgan fingerprint density at radius 3 is 2.47 bits per heavy atom. The van der Waals surface area contributed by atoms with E-state index in [1.54, 1.807) is 42.5 Å². The molecule has 3 heterocycles. The number of hydrogen-bond donors (Lipinski definition) is 1. The van der Waals surface area contributed by atoms with Crippen LogP contribution < -0.4 is 0 Å². The molecule has 1 N–H and O–H groups in total. The second-order valence-electron chi connectivity index (χ2n) is 8.14. The fourth-order valence-corrected chi connectivity index (χ4v) is 4.84. The fourth-order valence-electron chi connectivity index (χ4n) is 3.76. The number of rotatable bonds is 6. The van der Waals surface area contributed by atoms with Gasteiger partial charge in [-0.05, 0) is 35.9 Å². The van der Waals surface area contributed by atoms with E-state index in [0.717, 1.165) is 9.87 Å². The maximum atomic E-state index is 13.2. The molecule has 0 atom stereocenters. The van der Waals surface area contributed by atoms with Crippen molar-refractivity contribution in [3.05, 3.63) is 84.1 Å². The van der Waals surface area contributed by atoms with Gasteiger partial charge in [-0.3, -0.25) is 4.98 Å². The zero-order valence-corrected chi connectivity index (χ0v) is 20.1. The molecule has 11 heteroatoms. The highest BCUT2D eigenvalue weighted by atomic mass is 32.2. The van der Waals surface area contributed by atoms with Crippen LogP contribution >= 0.6 is 0 Å². The lowest BCUT2D eigenvalue weighted by Gasteiger charge is -2.16. The van der Waals surface area contributed by atoms with Crippen LogP contribution in [0.3, 0.4) is 0 Å². The number of pyridine rings is 2. The Morgan fingerprint density at radius 2 is 1.72 bits per heavy atom. The predicted molar refractivity (Wildman–Crippen MR) is 130 cm³/mol. The molecule has 0 amide bonds. The predicted octanol–water partition coefficient (Wildman–Crippen LogP) is 4.03. The minimum Gasteiger partial charge on any atom is -0.504 e. The number of aromatic hydroxyl groups is 1. The first-order valence-corrected chi connectivity index (χ1v) is 12.3. The van der Waals surface area contributed by atoms with Gasteiger partial charge in [0.25, 0.3) is 5.89 Å². The Bertz CT molecular complexity index is 1690. The molecule has 5 aromatic rings. The zero-order valence-electron chi connectivity index (χ0n) is 19.3. The van der Waals surface area contributed by atoms with E-state index < -0.39 is 10.0 Å². The van der Waals surface area contributed by atoms with Gasteiger partial charge in [-0.2, -0.15) is 0 Å². The molecule has 2 aromatic carbocycles. The fraction of sp³-hybridized carbons (Fsp3) is 0.120. The molecule has 182 valence electrons. The number of fused-ring (bicyclic) bond motifs is 1. The number of benzene rings is 2. The summed E-state index contributed by atoms with van der Waals surface area (Å²) in [6.45, 7) is 0. The van der Waals surface area contributed by atoms with Crippen molar-refractivity contribution >= 4 is 20.9 Å². The van der Waals surface area contributed by atoms with E-state index in [1.165, 1.54) is 38.5 Å². The number of halogens is 1. The first kappa shape index (κ1) is 23.5. The van der Waals surface area contributed by atoms with Crippen molar-refractivity contribution in [2.75, 3.05) is 14.1 Å². The average Bonchev–Trinajstić information content (AvgIpc) is 3.34. The molecule has 0 saturated carbocycles. The van der Waals surface area contributed by atoms with Gasteiger partial charge < -0.3 is 9.52 Å². The van der Waals surface area contributed by atoms with Crippen LogP contribution in [0.5, 0.6) is 5.75 Å². The van der Waals surface area contributed by atoms with Gasteiger partial charge in [0.1, 0.15) is 11.3 Å². The van der Waals surface area contributed by atoms with Crippen LogP contribution in [0.2, 0.25) is 0 Å². The summed E-state index contributed by atoms with van der Waals surface area (Å²) < 4.78 is 46.2. The summed E-state index contributed by atoms with van der Waals surface area (Å²) in [5.74, 6) is -0.464. The van der Waals surface area contributed by atoms with Crippen LogP contribution in [0.15, 0.2) is 76.2 Å². The number of hydrogen-bond acceptors (Lipinski definition) is 8. The van der Waals surface area contributed by atoms with Crippen molar-refractivity contribution in [3.8, 4) is 28.6 Å².